The van der Waals surface area contributed by atoms with Gasteiger partial charge in [-0.1, -0.05) is 60.7 Å². The molecule has 0 radical (unpaired) electrons. The number of nitrogens with zero attached hydrogens (tertiary/aromatic N) is 1. The summed E-state index contributed by atoms with van der Waals surface area (Å²) >= 11 is 0. The Kier molecular flexibility index (Phi) is 8.26. The maximum Gasteiger partial charge on any atom is 0.342 e. The Morgan fingerprint density at radius 2 is 1.41 bits per heavy atom. The third kappa shape index (κ3) is 6.35. The molecule has 3 rings (SSSR count). The number of esters is 1. The van der Waals surface area contributed by atoms with Gasteiger partial charge in [-0.15, -0.1) is 0 Å². The molecule has 166 valence electrons. The zero-order chi connectivity index (χ0) is 22.8. The third-order valence-electron chi connectivity index (χ3n) is 5.04. The lowest BCUT2D eigenvalue weighted by Gasteiger charge is -2.25. The van der Waals surface area contributed by atoms with E-state index in [2.05, 4.69) is 0 Å². The molecule has 0 aliphatic carbocycles. The van der Waals surface area contributed by atoms with E-state index in [-0.39, 0.29) is 30.7 Å². The van der Waals surface area contributed by atoms with Gasteiger partial charge in [-0.05, 0) is 36.8 Å². The SMILES string of the molecule is CC(c1ccccc1)N(C)C(=O)COC(=O)c1ccccc1OCCOc1ccccc1. The molecule has 0 fully saturated rings. The van der Waals surface area contributed by atoms with Crippen LogP contribution in [0.5, 0.6) is 11.5 Å². The summed E-state index contributed by atoms with van der Waals surface area (Å²) in [5.41, 5.74) is 1.27. The van der Waals surface area contributed by atoms with E-state index in [4.69, 9.17) is 14.2 Å². The van der Waals surface area contributed by atoms with Crippen LogP contribution in [0, 0.1) is 0 Å². The highest BCUT2D eigenvalue weighted by Crippen LogP contribution is 2.21. The zero-order valence-electron chi connectivity index (χ0n) is 18.3. The summed E-state index contributed by atoms with van der Waals surface area (Å²) in [7, 11) is 1.69. The van der Waals surface area contributed by atoms with E-state index in [0.29, 0.717) is 12.4 Å². The highest BCUT2D eigenvalue weighted by atomic mass is 16.5. The number of carbonyl (C=O) groups excluding carboxylic acids is 2. The number of benzene rings is 3. The molecule has 0 saturated heterocycles. The summed E-state index contributed by atoms with van der Waals surface area (Å²) in [6.07, 6.45) is 0. The van der Waals surface area contributed by atoms with E-state index < -0.39 is 5.97 Å². The van der Waals surface area contributed by atoms with Crippen molar-refractivity contribution in [1.82, 2.24) is 4.90 Å². The number of hydrogen-bond donors (Lipinski definition) is 0. The maximum atomic E-state index is 12.6. The quantitative estimate of drug-likeness (QED) is 0.347. The van der Waals surface area contributed by atoms with Gasteiger partial charge in [0, 0.05) is 7.05 Å². The zero-order valence-corrected chi connectivity index (χ0v) is 18.3. The Hall–Kier alpha value is -3.80. The first-order chi connectivity index (χ1) is 15.6. The van der Waals surface area contributed by atoms with Crippen LogP contribution in [0.25, 0.3) is 0 Å². The average Bonchev–Trinajstić information content (AvgIpc) is 2.85. The Bertz CT molecular complexity index is 1010. The van der Waals surface area contributed by atoms with Crippen LogP contribution in [0.3, 0.4) is 0 Å². The maximum absolute atomic E-state index is 12.6. The second-order valence-corrected chi connectivity index (χ2v) is 7.17. The summed E-state index contributed by atoms with van der Waals surface area (Å²) < 4.78 is 16.6. The van der Waals surface area contributed by atoms with Gasteiger partial charge in [0.2, 0.25) is 0 Å². The van der Waals surface area contributed by atoms with Crippen LogP contribution in [0.4, 0.5) is 0 Å². The number of hydrogen-bond acceptors (Lipinski definition) is 5. The highest BCUT2D eigenvalue weighted by molar-refractivity contribution is 5.94. The van der Waals surface area contributed by atoms with Crippen molar-refractivity contribution in [3.05, 3.63) is 96.1 Å². The van der Waals surface area contributed by atoms with Crippen LogP contribution in [0.1, 0.15) is 28.9 Å². The van der Waals surface area contributed by atoms with Crippen molar-refractivity contribution >= 4 is 11.9 Å². The van der Waals surface area contributed by atoms with Gasteiger partial charge in [0.05, 0.1) is 6.04 Å². The number of amides is 1. The van der Waals surface area contributed by atoms with Crippen molar-refractivity contribution in [3.63, 3.8) is 0 Å². The van der Waals surface area contributed by atoms with Crippen molar-refractivity contribution in [1.29, 1.82) is 0 Å². The van der Waals surface area contributed by atoms with Crippen molar-refractivity contribution < 1.29 is 23.8 Å². The van der Waals surface area contributed by atoms with E-state index in [9.17, 15) is 9.59 Å². The molecule has 0 bridgehead atoms. The minimum absolute atomic E-state index is 0.136. The second kappa shape index (κ2) is 11.6. The molecule has 0 aromatic heterocycles. The molecule has 6 heteroatoms. The van der Waals surface area contributed by atoms with Crippen molar-refractivity contribution in [3.8, 4) is 11.5 Å². The van der Waals surface area contributed by atoms with E-state index in [0.717, 1.165) is 11.3 Å². The van der Waals surface area contributed by atoms with E-state index in [1.165, 1.54) is 0 Å². The molecule has 6 nitrogen and oxygen atoms in total. The van der Waals surface area contributed by atoms with Gasteiger partial charge in [0.1, 0.15) is 30.3 Å². The van der Waals surface area contributed by atoms with Crippen molar-refractivity contribution in [2.75, 3.05) is 26.9 Å². The lowest BCUT2D eigenvalue weighted by Crippen LogP contribution is -2.33. The first kappa shape index (κ1) is 22.9. The molecular weight excluding hydrogens is 406 g/mol. The van der Waals surface area contributed by atoms with Crippen LogP contribution in [0.2, 0.25) is 0 Å². The first-order valence-corrected chi connectivity index (χ1v) is 10.4. The molecule has 0 aliphatic heterocycles. The Balaban J connectivity index is 1.51. The van der Waals surface area contributed by atoms with Crippen molar-refractivity contribution in [2.45, 2.75) is 13.0 Å². The fourth-order valence-electron chi connectivity index (χ4n) is 3.07. The van der Waals surface area contributed by atoms with Gasteiger partial charge in [-0.2, -0.15) is 0 Å². The summed E-state index contributed by atoms with van der Waals surface area (Å²) in [6.45, 7) is 2.16. The molecule has 0 N–H and O–H groups in total. The van der Waals surface area contributed by atoms with Gasteiger partial charge in [-0.3, -0.25) is 4.79 Å². The lowest BCUT2D eigenvalue weighted by molar-refractivity contribution is -0.135. The van der Waals surface area contributed by atoms with Gasteiger partial charge in [-0.25, -0.2) is 4.79 Å². The molecule has 1 atom stereocenters. The third-order valence-corrected chi connectivity index (χ3v) is 5.04. The summed E-state index contributed by atoms with van der Waals surface area (Å²) in [5, 5.41) is 0. The fourth-order valence-corrected chi connectivity index (χ4v) is 3.07. The molecule has 3 aromatic rings. The molecule has 32 heavy (non-hydrogen) atoms. The number of carbonyl (C=O) groups is 2. The number of ether oxygens (including phenoxy) is 3. The minimum Gasteiger partial charge on any atom is -0.490 e. The average molecular weight is 434 g/mol. The van der Waals surface area contributed by atoms with Crippen LogP contribution in [0.15, 0.2) is 84.9 Å². The standard InChI is InChI=1S/C26H27NO5/c1-20(21-11-5-3-6-12-21)27(2)25(28)19-32-26(29)23-15-9-10-16-24(23)31-18-17-30-22-13-7-4-8-14-22/h3-16,20H,17-19H2,1-2H3. The molecule has 3 aromatic carbocycles. The number of likely N-dealkylation sites (N-methyl/N-ethyl adjacent to an activating group) is 1. The predicted octanol–water partition coefficient (Wildman–Crippen LogP) is 4.52. The molecule has 1 unspecified atom stereocenters. The first-order valence-electron chi connectivity index (χ1n) is 10.4. The van der Waals surface area contributed by atoms with E-state index >= 15 is 0 Å². The number of para-hydroxylation sites is 2. The highest BCUT2D eigenvalue weighted by Gasteiger charge is 2.20. The smallest absolute Gasteiger partial charge is 0.342 e. The fraction of sp³-hybridized carbons (Fsp3) is 0.231. The van der Waals surface area contributed by atoms with Gasteiger partial charge >= 0.3 is 5.97 Å². The van der Waals surface area contributed by atoms with Crippen molar-refractivity contribution in [2.24, 2.45) is 0 Å². The van der Waals surface area contributed by atoms with E-state index in [1.807, 2.05) is 67.6 Å². The van der Waals surface area contributed by atoms with Gasteiger partial charge in [0.25, 0.3) is 5.91 Å². The van der Waals surface area contributed by atoms with Crippen LogP contribution >= 0.6 is 0 Å². The largest absolute Gasteiger partial charge is 0.490 e. The summed E-state index contributed by atoms with van der Waals surface area (Å²) in [4.78, 5) is 26.7. The number of rotatable bonds is 10. The van der Waals surface area contributed by atoms with Gasteiger partial charge in [0.15, 0.2) is 6.61 Å². The van der Waals surface area contributed by atoms with Gasteiger partial charge < -0.3 is 19.1 Å². The Labute approximate surface area is 188 Å². The molecule has 0 heterocycles. The minimum atomic E-state index is -0.612. The molecule has 0 aliphatic rings. The monoisotopic (exact) mass is 433 g/mol. The Morgan fingerprint density at radius 3 is 2.12 bits per heavy atom. The van der Waals surface area contributed by atoms with E-state index in [1.54, 1.807) is 36.2 Å². The van der Waals surface area contributed by atoms with Crippen LogP contribution < -0.4 is 9.47 Å². The van der Waals surface area contributed by atoms with Crippen LogP contribution in [-0.4, -0.2) is 43.6 Å². The lowest BCUT2D eigenvalue weighted by atomic mass is 10.1. The summed E-state index contributed by atoms with van der Waals surface area (Å²) in [6, 6.07) is 25.7. The summed E-state index contributed by atoms with van der Waals surface area (Å²) in [5.74, 6) is 0.229. The molecular formula is C26H27NO5. The molecule has 1 amide bonds. The second-order valence-electron chi connectivity index (χ2n) is 7.17. The topological polar surface area (TPSA) is 65.1 Å². The molecule has 0 spiro atoms. The Morgan fingerprint density at radius 1 is 0.812 bits per heavy atom. The normalized spacial score (nSPS) is 11.3. The van der Waals surface area contributed by atoms with Crippen LogP contribution in [-0.2, 0) is 9.53 Å². The molecule has 0 saturated carbocycles. The predicted molar refractivity (Wildman–Crippen MR) is 122 cm³/mol.